The average molecular weight is 293 g/mol. The van der Waals surface area contributed by atoms with Crippen molar-refractivity contribution in [3.63, 3.8) is 0 Å². The maximum atomic E-state index is 11.3. The predicted octanol–water partition coefficient (Wildman–Crippen LogP) is 1.97. The summed E-state index contributed by atoms with van der Waals surface area (Å²) in [5, 5.41) is 7.68. The zero-order valence-corrected chi connectivity index (χ0v) is 12.3. The summed E-state index contributed by atoms with van der Waals surface area (Å²) in [6, 6.07) is 7.65. The summed E-state index contributed by atoms with van der Waals surface area (Å²) < 4.78 is 1.81. The molecule has 0 atom stereocenters. The topological polar surface area (TPSA) is 59.8 Å². The Bertz CT molecular complexity index is 609. The first-order chi connectivity index (χ1) is 9.60. The summed E-state index contributed by atoms with van der Waals surface area (Å²) in [7, 11) is 1.63. The Labute approximate surface area is 123 Å². The normalized spacial score (nSPS) is 10.6. The molecule has 0 aliphatic carbocycles. The molecule has 20 heavy (non-hydrogen) atoms. The molecule has 0 aliphatic rings. The zero-order chi connectivity index (χ0) is 14.5. The third kappa shape index (κ3) is 3.57. The molecule has 1 amide bonds. The number of halogens is 1. The Morgan fingerprint density at radius 3 is 2.85 bits per heavy atom. The maximum absolute atomic E-state index is 11.3. The van der Waals surface area contributed by atoms with Crippen LogP contribution in [0.1, 0.15) is 23.6 Å². The van der Waals surface area contributed by atoms with Crippen LogP contribution in [0.4, 0.5) is 0 Å². The second kappa shape index (κ2) is 6.52. The van der Waals surface area contributed by atoms with Crippen LogP contribution in [0.25, 0.3) is 0 Å². The van der Waals surface area contributed by atoms with E-state index in [0.29, 0.717) is 30.2 Å². The highest BCUT2D eigenvalue weighted by Gasteiger charge is 2.11. The van der Waals surface area contributed by atoms with Gasteiger partial charge in [0.25, 0.3) is 0 Å². The number of aromatic nitrogens is 3. The van der Waals surface area contributed by atoms with Gasteiger partial charge in [-0.05, 0) is 18.6 Å². The van der Waals surface area contributed by atoms with E-state index < -0.39 is 0 Å². The number of hydrogen-bond acceptors (Lipinski definition) is 3. The highest BCUT2D eigenvalue weighted by atomic mass is 35.5. The fraction of sp³-hybridized carbons (Fsp3) is 0.357. The lowest BCUT2D eigenvalue weighted by Crippen LogP contribution is -2.19. The van der Waals surface area contributed by atoms with Crippen molar-refractivity contribution in [1.82, 2.24) is 20.1 Å². The minimum absolute atomic E-state index is 0.00468. The minimum Gasteiger partial charge on any atom is -0.359 e. The van der Waals surface area contributed by atoms with Crippen molar-refractivity contribution in [2.75, 3.05) is 7.05 Å². The number of nitrogens with zero attached hydrogens (tertiary/aromatic N) is 3. The van der Waals surface area contributed by atoms with Gasteiger partial charge in [0.1, 0.15) is 11.6 Å². The maximum Gasteiger partial charge on any atom is 0.220 e. The smallest absolute Gasteiger partial charge is 0.220 e. The van der Waals surface area contributed by atoms with Crippen molar-refractivity contribution >= 4 is 17.5 Å². The van der Waals surface area contributed by atoms with Crippen LogP contribution in [0.2, 0.25) is 5.02 Å². The molecule has 0 bridgehead atoms. The molecular formula is C14H17ClN4O. The number of aryl methyl sites for hydroxylation is 2. The molecule has 0 aliphatic heterocycles. The molecule has 1 N–H and O–H groups in total. The molecule has 0 spiro atoms. The number of carbonyl (C=O) groups is 1. The van der Waals surface area contributed by atoms with Gasteiger partial charge in [-0.3, -0.25) is 4.79 Å². The molecule has 2 rings (SSSR count). The molecule has 0 fully saturated rings. The summed E-state index contributed by atoms with van der Waals surface area (Å²) in [4.78, 5) is 15.7. The SMILES string of the molecule is CNC(=O)CCc1nc(C)nn1Cc1ccccc1Cl. The predicted molar refractivity (Wildman–Crippen MR) is 77.7 cm³/mol. The van der Waals surface area contributed by atoms with Gasteiger partial charge >= 0.3 is 0 Å². The summed E-state index contributed by atoms with van der Waals surface area (Å²) in [6.45, 7) is 2.40. The van der Waals surface area contributed by atoms with E-state index in [-0.39, 0.29) is 5.91 Å². The van der Waals surface area contributed by atoms with Crippen LogP contribution in [-0.2, 0) is 17.8 Å². The standard InChI is InChI=1S/C14H17ClN4O/c1-10-17-13(7-8-14(20)16-2)19(18-10)9-11-5-3-4-6-12(11)15/h3-6H,7-9H2,1-2H3,(H,16,20). The Hall–Kier alpha value is -1.88. The minimum atomic E-state index is -0.00468. The Balaban J connectivity index is 2.15. The Morgan fingerprint density at radius 1 is 1.40 bits per heavy atom. The monoisotopic (exact) mass is 292 g/mol. The summed E-state index contributed by atoms with van der Waals surface area (Å²) in [5.74, 6) is 1.49. The van der Waals surface area contributed by atoms with Crippen LogP contribution in [0, 0.1) is 6.92 Å². The van der Waals surface area contributed by atoms with Gasteiger partial charge < -0.3 is 5.32 Å². The molecule has 0 saturated carbocycles. The second-order valence-electron chi connectivity index (χ2n) is 4.50. The van der Waals surface area contributed by atoms with Crippen LogP contribution >= 0.6 is 11.6 Å². The van der Waals surface area contributed by atoms with Crippen molar-refractivity contribution < 1.29 is 4.79 Å². The molecule has 1 aromatic carbocycles. The first-order valence-corrected chi connectivity index (χ1v) is 6.82. The Morgan fingerprint density at radius 2 is 2.15 bits per heavy atom. The number of amides is 1. The zero-order valence-electron chi connectivity index (χ0n) is 11.6. The number of hydrogen-bond donors (Lipinski definition) is 1. The van der Waals surface area contributed by atoms with Crippen LogP contribution in [0.3, 0.4) is 0 Å². The van der Waals surface area contributed by atoms with E-state index in [4.69, 9.17) is 11.6 Å². The highest BCUT2D eigenvalue weighted by Crippen LogP contribution is 2.16. The van der Waals surface area contributed by atoms with E-state index in [1.165, 1.54) is 0 Å². The van der Waals surface area contributed by atoms with Gasteiger partial charge in [0.2, 0.25) is 5.91 Å². The molecule has 1 heterocycles. The molecule has 6 heteroatoms. The van der Waals surface area contributed by atoms with Gasteiger partial charge in [-0.25, -0.2) is 9.67 Å². The summed E-state index contributed by atoms with van der Waals surface area (Å²) in [6.07, 6.45) is 0.960. The highest BCUT2D eigenvalue weighted by molar-refractivity contribution is 6.31. The van der Waals surface area contributed by atoms with E-state index in [9.17, 15) is 4.79 Å². The van der Waals surface area contributed by atoms with Crippen LogP contribution < -0.4 is 5.32 Å². The largest absolute Gasteiger partial charge is 0.359 e. The van der Waals surface area contributed by atoms with E-state index in [0.717, 1.165) is 11.4 Å². The van der Waals surface area contributed by atoms with E-state index in [1.807, 2.05) is 31.2 Å². The lowest BCUT2D eigenvalue weighted by Gasteiger charge is -2.07. The average Bonchev–Trinajstić information content (AvgIpc) is 2.78. The first-order valence-electron chi connectivity index (χ1n) is 6.44. The van der Waals surface area contributed by atoms with Crippen molar-refractivity contribution in [3.8, 4) is 0 Å². The van der Waals surface area contributed by atoms with Gasteiger partial charge in [-0.15, -0.1) is 0 Å². The third-order valence-electron chi connectivity index (χ3n) is 2.99. The van der Waals surface area contributed by atoms with E-state index >= 15 is 0 Å². The van der Waals surface area contributed by atoms with E-state index in [1.54, 1.807) is 11.7 Å². The van der Waals surface area contributed by atoms with E-state index in [2.05, 4.69) is 15.4 Å². The lowest BCUT2D eigenvalue weighted by molar-refractivity contribution is -0.120. The number of benzene rings is 1. The molecule has 1 aromatic heterocycles. The first kappa shape index (κ1) is 14.5. The van der Waals surface area contributed by atoms with Gasteiger partial charge in [0.05, 0.1) is 6.54 Å². The van der Waals surface area contributed by atoms with Crippen LogP contribution in [0.15, 0.2) is 24.3 Å². The van der Waals surface area contributed by atoms with Crippen molar-refractivity contribution in [3.05, 3.63) is 46.5 Å². The number of nitrogens with one attached hydrogen (secondary N) is 1. The van der Waals surface area contributed by atoms with Crippen molar-refractivity contribution in [1.29, 1.82) is 0 Å². The molecule has 2 aromatic rings. The third-order valence-corrected chi connectivity index (χ3v) is 3.36. The quantitative estimate of drug-likeness (QED) is 0.916. The van der Waals surface area contributed by atoms with Gasteiger partial charge in [0, 0.05) is 24.9 Å². The fourth-order valence-electron chi connectivity index (χ4n) is 1.95. The van der Waals surface area contributed by atoms with Gasteiger partial charge in [0.15, 0.2) is 0 Å². The lowest BCUT2D eigenvalue weighted by atomic mass is 10.2. The molecule has 0 unspecified atom stereocenters. The molecular weight excluding hydrogens is 276 g/mol. The van der Waals surface area contributed by atoms with Crippen molar-refractivity contribution in [2.45, 2.75) is 26.3 Å². The second-order valence-corrected chi connectivity index (χ2v) is 4.90. The van der Waals surface area contributed by atoms with Crippen LogP contribution in [-0.4, -0.2) is 27.7 Å². The van der Waals surface area contributed by atoms with Gasteiger partial charge in [-0.2, -0.15) is 5.10 Å². The molecule has 0 saturated heterocycles. The molecule has 106 valence electrons. The summed E-state index contributed by atoms with van der Waals surface area (Å²) in [5.41, 5.74) is 0.986. The summed E-state index contributed by atoms with van der Waals surface area (Å²) >= 11 is 6.16. The van der Waals surface area contributed by atoms with Gasteiger partial charge in [-0.1, -0.05) is 29.8 Å². The number of carbonyl (C=O) groups excluding carboxylic acids is 1. The van der Waals surface area contributed by atoms with Crippen molar-refractivity contribution in [2.24, 2.45) is 0 Å². The number of rotatable bonds is 5. The fourth-order valence-corrected chi connectivity index (χ4v) is 2.14. The van der Waals surface area contributed by atoms with Crippen LogP contribution in [0.5, 0.6) is 0 Å². The molecule has 5 nitrogen and oxygen atoms in total. The Kier molecular flexibility index (Phi) is 4.74. The molecule has 0 radical (unpaired) electrons.